The van der Waals surface area contributed by atoms with E-state index in [9.17, 15) is 22.0 Å². The molecule has 0 N–H and O–H groups in total. The van der Waals surface area contributed by atoms with E-state index in [0.29, 0.717) is 5.56 Å². The van der Waals surface area contributed by atoms with Crippen LogP contribution in [-0.2, 0) is 17.3 Å². The van der Waals surface area contributed by atoms with Crippen LogP contribution < -0.4 is 4.74 Å². The van der Waals surface area contributed by atoms with E-state index < -0.39 is 17.7 Å². The Morgan fingerprint density at radius 3 is 2.12 bits per heavy atom. The van der Waals surface area contributed by atoms with Crippen LogP contribution in [0, 0.1) is 11.8 Å². The molecule has 0 bridgehead atoms. The number of alkyl halides is 5. The summed E-state index contributed by atoms with van der Waals surface area (Å²) in [5, 5.41) is 0. The minimum atomic E-state index is -4.71. The first kappa shape index (κ1) is 23.1. The predicted molar refractivity (Wildman–Crippen MR) is 114 cm³/mol. The molecule has 2 fully saturated rings. The van der Waals surface area contributed by atoms with Gasteiger partial charge < -0.3 is 4.74 Å². The van der Waals surface area contributed by atoms with Crippen molar-refractivity contribution in [1.29, 1.82) is 0 Å². The van der Waals surface area contributed by atoms with Crippen LogP contribution in [0.5, 0.6) is 5.75 Å². The van der Waals surface area contributed by atoms with Crippen molar-refractivity contribution in [3.63, 3.8) is 0 Å². The highest BCUT2D eigenvalue weighted by atomic mass is 19.4. The topological polar surface area (TPSA) is 9.23 Å². The van der Waals surface area contributed by atoms with Crippen molar-refractivity contribution in [1.82, 2.24) is 0 Å². The van der Waals surface area contributed by atoms with Gasteiger partial charge in [-0.2, -0.15) is 0 Å². The number of halogens is 5. The minimum absolute atomic E-state index is 0.100. The first-order valence-corrected chi connectivity index (χ1v) is 11.2. The molecule has 2 unspecified atom stereocenters. The van der Waals surface area contributed by atoms with E-state index in [1.807, 2.05) is 44.2 Å². The van der Waals surface area contributed by atoms with E-state index in [-0.39, 0.29) is 29.4 Å². The molecule has 0 radical (unpaired) electrons. The molecule has 0 amide bonds. The van der Waals surface area contributed by atoms with Crippen molar-refractivity contribution in [3.05, 3.63) is 65.2 Å². The van der Waals surface area contributed by atoms with Gasteiger partial charge in [0.2, 0.25) is 0 Å². The van der Waals surface area contributed by atoms with Gasteiger partial charge >= 0.3 is 6.36 Å². The monoisotopic (exact) mass is 452 g/mol. The second kappa shape index (κ2) is 7.74. The lowest BCUT2D eigenvalue weighted by Crippen LogP contribution is -2.23. The Balaban J connectivity index is 1.46. The summed E-state index contributed by atoms with van der Waals surface area (Å²) in [6.45, 7) is 5.82. The van der Waals surface area contributed by atoms with Gasteiger partial charge in [0, 0.05) is 6.42 Å². The summed E-state index contributed by atoms with van der Waals surface area (Å²) >= 11 is 0. The molecule has 174 valence electrons. The molecule has 2 aliphatic carbocycles. The summed E-state index contributed by atoms with van der Waals surface area (Å²) in [6.07, 6.45) is -1.39. The van der Waals surface area contributed by atoms with Gasteiger partial charge in [0.05, 0.1) is 5.41 Å². The Morgan fingerprint density at radius 1 is 0.938 bits per heavy atom. The standard InChI is InChI=1S/C26H29F5O/c1-17(2)24(16-25(24,27)28)21-8-4-6-19(14-21)11-10-18(3)23(12-13-23)20-7-5-9-22(15-20)32-26(29,30)31/h4-9,14-15,17-18H,10-13,16H2,1-3H3. The molecule has 6 heteroatoms. The Morgan fingerprint density at radius 2 is 1.56 bits per heavy atom. The molecule has 2 atom stereocenters. The number of hydrogen-bond acceptors (Lipinski definition) is 1. The van der Waals surface area contributed by atoms with Crippen molar-refractivity contribution >= 4 is 0 Å². The van der Waals surface area contributed by atoms with Gasteiger partial charge in [-0.3, -0.25) is 0 Å². The SMILES string of the molecule is CC(CCc1cccc(C2(C(C)C)CC2(F)F)c1)C1(c2cccc(OC(F)(F)F)c2)CC1. The van der Waals surface area contributed by atoms with Gasteiger partial charge in [-0.25, -0.2) is 8.78 Å². The summed E-state index contributed by atoms with van der Waals surface area (Å²) in [7, 11) is 0. The van der Waals surface area contributed by atoms with Crippen LogP contribution in [0.3, 0.4) is 0 Å². The number of rotatable bonds is 8. The Hall–Kier alpha value is -2.11. The molecule has 1 nitrogen and oxygen atoms in total. The average molecular weight is 453 g/mol. The molecule has 0 heterocycles. The molecule has 0 aromatic heterocycles. The molecule has 2 aromatic carbocycles. The number of benzene rings is 2. The fourth-order valence-corrected chi connectivity index (χ4v) is 5.45. The minimum Gasteiger partial charge on any atom is -0.406 e. The smallest absolute Gasteiger partial charge is 0.406 e. The largest absolute Gasteiger partial charge is 0.573 e. The Kier molecular flexibility index (Phi) is 5.58. The molecular formula is C26H29F5O. The molecule has 2 aromatic rings. The van der Waals surface area contributed by atoms with Crippen molar-refractivity contribution in [2.75, 3.05) is 0 Å². The maximum absolute atomic E-state index is 14.2. The molecule has 0 saturated heterocycles. The normalized spacial score (nSPS) is 24.3. The second-order valence-electron chi connectivity index (χ2n) is 9.88. The van der Waals surface area contributed by atoms with Gasteiger partial charge in [0.25, 0.3) is 5.92 Å². The Labute approximate surface area is 186 Å². The van der Waals surface area contributed by atoms with E-state index >= 15 is 0 Å². The Bertz CT molecular complexity index is 976. The fourth-order valence-electron chi connectivity index (χ4n) is 5.45. The highest BCUT2D eigenvalue weighted by Crippen LogP contribution is 2.65. The second-order valence-corrected chi connectivity index (χ2v) is 9.88. The summed E-state index contributed by atoms with van der Waals surface area (Å²) in [5.41, 5.74) is 1.40. The zero-order valence-electron chi connectivity index (χ0n) is 18.6. The third-order valence-electron chi connectivity index (χ3n) is 7.70. The lowest BCUT2D eigenvalue weighted by molar-refractivity contribution is -0.274. The van der Waals surface area contributed by atoms with E-state index in [1.165, 1.54) is 12.1 Å². The first-order valence-electron chi connectivity index (χ1n) is 11.2. The van der Waals surface area contributed by atoms with E-state index in [0.717, 1.165) is 36.8 Å². The molecule has 2 saturated carbocycles. The number of hydrogen-bond donors (Lipinski definition) is 0. The highest BCUT2D eigenvalue weighted by Gasteiger charge is 2.73. The summed E-state index contributed by atoms with van der Waals surface area (Å²) in [5.74, 6) is -2.75. The van der Waals surface area contributed by atoms with Gasteiger partial charge in [0.15, 0.2) is 0 Å². The van der Waals surface area contributed by atoms with Crippen molar-refractivity contribution in [2.24, 2.45) is 11.8 Å². The maximum Gasteiger partial charge on any atom is 0.573 e. The zero-order valence-corrected chi connectivity index (χ0v) is 18.6. The predicted octanol–water partition coefficient (Wildman–Crippen LogP) is 7.82. The quantitative estimate of drug-likeness (QED) is 0.371. The van der Waals surface area contributed by atoms with E-state index in [1.54, 1.807) is 6.07 Å². The van der Waals surface area contributed by atoms with Crippen LogP contribution in [0.15, 0.2) is 48.5 Å². The van der Waals surface area contributed by atoms with Gasteiger partial charge in [-0.05, 0) is 71.8 Å². The van der Waals surface area contributed by atoms with Gasteiger partial charge in [-0.15, -0.1) is 13.2 Å². The number of aryl methyl sites for hydroxylation is 1. The van der Waals surface area contributed by atoms with Crippen LogP contribution in [0.4, 0.5) is 22.0 Å². The molecular weight excluding hydrogens is 423 g/mol. The third kappa shape index (κ3) is 4.13. The van der Waals surface area contributed by atoms with Crippen LogP contribution in [-0.4, -0.2) is 12.3 Å². The molecule has 0 aliphatic heterocycles. The lowest BCUT2D eigenvalue weighted by atomic mass is 9.79. The van der Waals surface area contributed by atoms with Gasteiger partial charge in [-0.1, -0.05) is 57.2 Å². The van der Waals surface area contributed by atoms with Crippen LogP contribution >= 0.6 is 0 Å². The third-order valence-corrected chi connectivity index (χ3v) is 7.70. The summed E-state index contributed by atoms with van der Waals surface area (Å²) in [6, 6.07) is 13.9. The molecule has 4 rings (SSSR count). The van der Waals surface area contributed by atoms with Crippen LogP contribution in [0.2, 0.25) is 0 Å². The van der Waals surface area contributed by atoms with Crippen molar-refractivity contribution in [3.8, 4) is 5.75 Å². The summed E-state index contributed by atoms with van der Waals surface area (Å²) < 4.78 is 70.4. The van der Waals surface area contributed by atoms with E-state index in [4.69, 9.17) is 0 Å². The fraction of sp³-hybridized carbons (Fsp3) is 0.538. The molecule has 32 heavy (non-hydrogen) atoms. The first-order chi connectivity index (χ1) is 14.9. The summed E-state index contributed by atoms with van der Waals surface area (Å²) in [4.78, 5) is 0. The van der Waals surface area contributed by atoms with Crippen LogP contribution in [0.1, 0.15) is 63.1 Å². The van der Waals surface area contributed by atoms with Crippen LogP contribution in [0.25, 0.3) is 0 Å². The number of ether oxygens (including phenoxy) is 1. The lowest BCUT2D eigenvalue weighted by Gasteiger charge is -2.25. The van der Waals surface area contributed by atoms with E-state index in [2.05, 4.69) is 11.7 Å². The average Bonchev–Trinajstić information content (AvgIpc) is 3.60. The zero-order chi connectivity index (χ0) is 23.4. The molecule has 0 spiro atoms. The molecule has 2 aliphatic rings. The highest BCUT2D eigenvalue weighted by molar-refractivity contribution is 5.41. The van der Waals surface area contributed by atoms with Crippen molar-refractivity contribution < 1.29 is 26.7 Å². The van der Waals surface area contributed by atoms with Gasteiger partial charge in [0.1, 0.15) is 5.75 Å². The maximum atomic E-state index is 14.2. The van der Waals surface area contributed by atoms with Crippen molar-refractivity contribution in [2.45, 2.75) is 76.0 Å².